The molecule has 1 N–H and O–H groups in total. The lowest BCUT2D eigenvalue weighted by Gasteiger charge is -2.07. The van der Waals surface area contributed by atoms with Crippen LogP contribution in [0.2, 0.25) is 5.02 Å². The third-order valence-electron chi connectivity index (χ3n) is 2.10. The van der Waals surface area contributed by atoms with E-state index in [1.165, 1.54) is 23.9 Å². The molecule has 1 aromatic carbocycles. The molecule has 1 amide bonds. The van der Waals surface area contributed by atoms with Gasteiger partial charge in [-0.15, -0.1) is 11.8 Å². The van der Waals surface area contributed by atoms with Crippen molar-refractivity contribution in [3.8, 4) is 0 Å². The van der Waals surface area contributed by atoms with Crippen LogP contribution < -0.4 is 5.32 Å². The molecule has 0 bridgehead atoms. The van der Waals surface area contributed by atoms with Crippen molar-refractivity contribution in [1.29, 1.82) is 0 Å². The number of rotatable bonds is 0. The van der Waals surface area contributed by atoms with Crippen molar-refractivity contribution in [1.82, 2.24) is 0 Å². The van der Waals surface area contributed by atoms with Crippen molar-refractivity contribution in [3.63, 3.8) is 0 Å². The first-order valence-corrected chi connectivity index (χ1v) is 5.77. The second kappa shape index (κ2) is 4.02. The summed E-state index contributed by atoms with van der Waals surface area (Å²) in [7, 11) is 0. The molecule has 5 heteroatoms. The van der Waals surface area contributed by atoms with E-state index in [4.69, 9.17) is 11.6 Å². The predicted molar refractivity (Wildman–Crippen MR) is 60.0 cm³/mol. The third kappa shape index (κ3) is 2.26. The van der Waals surface area contributed by atoms with Crippen LogP contribution in [0.4, 0.5) is 10.1 Å². The number of halogens is 2. The highest BCUT2D eigenvalue weighted by molar-refractivity contribution is 8.00. The average Bonchev–Trinajstić information content (AvgIpc) is 2.24. The van der Waals surface area contributed by atoms with E-state index in [1.54, 1.807) is 0 Å². The van der Waals surface area contributed by atoms with E-state index in [0.29, 0.717) is 12.1 Å². The molecular weight excluding hydrogens is 237 g/mol. The van der Waals surface area contributed by atoms with E-state index in [1.807, 2.05) is 6.92 Å². The van der Waals surface area contributed by atoms with Crippen molar-refractivity contribution < 1.29 is 9.18 Å². The Morgan fingerprint density at radius 2 is 2.33 bits per heavy atom. The zero-order chi connectivity index (χ0) is 11.0. The molecule has 2 rings (SSSR count). The Morgan fingerprint density at radius 1 is 1.60 bits per heavy atom. The third-order valence-corrected chi connectivity index (χ3v) is 3.55. The number of hydrogen-bond donors (Lipinski definition) is 1. The van der Waals surface area contributed by atoms with Crippen LogP contribution in [0, 0.1) is 5.82 Å². The number of benzene rings is 1. The SMILES string of the molecule is CC1CC(=O)Nc2cc(Cl)c(F)cc2S1. The zero-order valence-corrected chi connectivity index (χ0v) is 9.58. The highest BCUT2D eigenvalue weighted by Crippen LogP contribution is 2.37. The van der Waals surface area contributed by atoms with Gasteiger partial charge in [-0.1, -0.05) is 18.5 Å². The molecule has 0 aromatic heterocycles. The maximum Gasteiger partial charge on any atom is 0.225 e. The lowest BCUT2D eigenvalue weighted by atomic mass is 10.3. The fourth-order valence-electron chi connectivity index (χ4n) is 1.44. The van der Waals surface area contributed by atoms with Crippen LogP contribution in [0.1, 0.15) is 13.3 Å². The smallest absolute Gasteiger partial charge is 0.225 e. The summed E-state index contributed by atoms with van der Waals surface area (Å²) in [5.74, 6) is -0.511. The summed E-state index contributed by atoms with van der Waals surface area (Å²) in [5.41, 5.74) is 0.598. The van der Waals surface area contributed by atoms with Gasteiger partial charge in [-0.2, -0.15) is 0 Å². The molecule has 80 valence electrons. The van der Waals surface area contributed by atoms with Gasteiger partial charge in [0, 0.05) is 16.6 Å². The Bertz CT molecular complexity index is 424. The maximum absolute atomic E-state index is 13.2. The minimum Gasteiger partial charge on any atom is -0.325 e. The summed E-state index contributed by atoms with van der Waals surface area (Å²) in [6, 6.07) is 2.82. The second-order valence-corrected chi connectivity index (χ2v) is 5.33. The summed E-state index contributed by atoms with van der Waals surface area (Å²) < 4.78 is 13.2. The molecule has 0 radical (unpaired) electrons. The molecule has 1 aliphatic heterocycles. The second-order valence-electron chi connectivity index (χ2n) is 3.44. The largest absolute Gasteiger partial charge is 0.325 e. The van der Waals surface area contributed by atoms with Crippen molar-refractivity contribution in [2.75, 3.05) is 5.32 Å². The summed E-state index contributed by atoms with van der Waals surface area (Å²) >= 11 is 7.12. The van der Waals surface area contributed by atoms with E-state index in [0.717, 1.165) is 4.90 Å². The van der Waals surface area contributed by atoms with Crippen LogP contribution in [0.5, 0.6) is 0 Å². The van der Waals surface area contributed by atoms with E-state index in [9.17, 15) is 9.18 Å². The van der Waals surface area contributed by atoms with Crippen molar-refractivity contribution in [2.24, 2.45) is 0 Å². The summed E-state index contributed by atoms with van der Waals surface area (Å²) in [6.07, 6.45) is 0.429. The number of anilines is 1. The molecular formula is C10H9ClFNOS. The van der Waals surface area contributed by atoms with Crippen LogP contribution in [0.25, 0.3) is 0 Å². The first-order chi connectivity index (χ1) is 7.06. The van der Waals surface area contributed by atoms with E-state index in [-0.39, 0.29) is 16.2 Å². The lowest BCUT2D eigenvalue weighted by molar-refractivity contribution is -0.116. The van der Waals surface area contributed by atoms with Gasteiger partial charge in [-0.25, -0.2) is 4.39 Å². The van der Waals surface area contributed by atoms with Gasteiger partial charge in [0.1, 0.15) is 5.82 Å². The number of fused-ring (bicyclic) bond motifs is 1. The number of hydrogen-bond acceptors (Lipinski definition) is 2. The molecule has 1 atom stereocenters. The van der Waals surface area contributed by atoms with Gasteiger partial charge in [0.25, 0.3) is 0 Å². The number of amides is 1. The predicted octanol–water partition coefficient (Wildman–Crippen LogP) is 3.30. The topological polar surface area (TPSA) is 29.1 Å². The number of carbonyl (C=O) groups excluding carboxylic acids is 1. The minimum atomic E-state index is -0.453. The molecule has 0 saturated carbocycles. The van der Waals surface area contributed by atoms with E-state index in [2.05, 4.69) is 5.32 Å². The van der Waals surface area contributed by atoms with Gasteiger partial charge in [0.05, 0.1) is 10.7 Å². The summed E-state index contributed by atoms with van der Waals surface area (Å²) in [5, 5.41) is 2.89. The molecule has 1 unspecified atom stereocenters. The Morgan fingerprint density at radius 3 is 3.07 bits per heavy atom. The Hall–Kier alpha value is -0.740. The normalized spacial score (nSPS) is 20.5. The van der Waals surface area contributed by atoms with Gasteiger partial charge in [-0.3, -0.25) is 4.79 Å². The van der Waals surface area contributed by atoms with Crippen LogP contribution in [-0.2, 0) is 4.79 Å². The molecule has 0 spiro atoms. The Kier molecular flexibility index (Phi) is 2.89. The summed E-state index contributed by atoms with van der Waals surface area (Å²) in [4.78, 5) is 12.1. The zero-order valence-electron chi connectivity index (χ0n) is 8.01. The lowest BCUT2D eigenvalue weighted by Crippen LogP contribution is -2.13. The van der Waals surface area contributed by atoms with Crippen molar-refractivity contribution in [3.05, 3.63) is 23.0 Å². The van der Waals surface area contributed by atoms with Gasteiger partial charge in [-0.05, 0) is 12.1 Å². The van der Waals surface area contributed by atoms with E-state index >= 15 is 0 Å². The van der Waals surface area contributed by atoms with Gasteiger partial charge >= 0.3 is 0 Å². The molecule has 1 heterocycles. The standard InChI is InChI=1S/C10H9ClFNOS/c1-5-2-10(14)13-8-3-6(11)7(12)4-9(8)15-5/h3-5H,2H2,1H3,(H,13,14). The van der Waals surface area contributed by atoms with Crippen LogP contribution >= 0.6 is 23.4 Å². The van der Waals surface area contributed by atoms with Gasteiger partial charge in [0.15, 0.2) is 0 Å². The maximum atomic E-state index is 13.2. The fourth-order valence-corrected chi connectivity index (χ4v) is 2.68. The molecule has 0 fully saturated rings. The van der Waals surface area contributed by atoms with Crippen LogP contribution in [0.15, 0.2) is 17.0 Å². The quantitative estimate of drug-likeness (QED) is 0.760. The molecule has 1 aliphatic rings. The highest BCUT2D eigenvalue weighted by atomic mass is 35.5. The first kappa shape index (κ1) is 10.8. The fraction of sp³-hybridized carbons (Fsp3) is 0.300. The highest BCUT2D eigenvalue weighted by Gasteiger charge is 2.20. The van der Waals surface area contributed by atoms with Gasteiger partial charge < -0.3 is 5.32 Å². The van der Waals surface area contributed by atoms with Crippen LogP contribution in [0.3, 0.4) is 0 Å². The minimum absolute atomic E-state index is 0.0317. The Balaban J connectivity index is 2.46. The number of nitrogens with one attached hydrogen (secondary N) is 1. The van der Waals surface area contributed by atoms with Crippen molar-refractivity contribution in [2.45, 2.75) is 23.5 Å². The van der Waals surface area contributed by atoms with E-state index < -0.39 is 5.82 Å². The number of carbonyl (C=O) groups is 1. The molecule has 15 heavy (non-hydrogen) atoms. The van der Waals surface area contributed by atoms with Gasteiger partial charge in [0.2, 0.25) is 5.91 Å². The molecule has 0 saturated heterocycles. The Labute approximate surface area is 96.2 Å². The summed E-state index contributed by atoms with van der Waals surface area (Å²) in [6.45, 7) is 1.94. The molecule has 1 aromatic rings. The van der Waals surface area contributed by atoms with Crippen molar-refractivity contribution >= 4 is 35.0 Å². The molecule has 0 aliphatic carbocycles. The van der Waals surface area contributed by atoms with Crippen LogP contribution in [-0.4, -0.2) is 11.2 Å². The monoisotopic (exact) mass is 245 g/mol. The molecule has 2 nitrogen and oxygen atoms in total. The first-order valence-electron chi connectivity index (χ1n) is 4.52. The average molecular weight is 246 g/mol. The number of thioether (sulfide) groups is 1.